The molecule has 0 radical (unpaired) electrons. The number of rotatable bonds is 7. The highest BCUT2D eigenvalue weighted by atomic mass is 16.4. The molecule has 0 spiro atoms. The van der Waals surface area contributed by atoms with Gasteiger partial charge >= 0.3 is 5.97 Å². The molecule has 20 heavy (non-hydrogen) atoms. The molecule has 3 atom stereocenters. The van der Waals surface area contributed by atoms with E-state index in [0.717, 1.165) is 13.0 Å². The summed E-state index contributed by atoms with van der Waals surface area (Å²) in [5, 5.41) is 9.28. The van der Waals surface area contributed by atoms with Crippen molar-refractivity contribution in [1.29, 1.82) is 0 Å². The number of carboxylic acids is 1. The fourth-order valence-corrected chi connectivity index (χ4v) is 3.07. The zero-order valence-electron chi connectivity index (χ0n) is 13.1. The molecule has 5 heteroatoms. The van der Waals surface area contributed by atoms with E-state index in [9.17, 15) is 14.7 Å². The van der Waals surface area contributed by atoms with Gasteiger partial charge in [-0.2, -0.15) is 0 Å². The van der Waals surface area contributed by atoms with Crippen LogP contribution in [0.2, 0.25) is 0 Å². The first-order chi connectivity index (χ1) is 9.36. The minimum atomic E-state index is -0.822. The van der Waals surface area contributed by atoms with E-state index >= 15 is 0 Å². The quantitative estimate of drug-likeness (QED) is 0.770. The minimum Gasteiger partial charge on any atom is -0.481 e. The molecule has 1 aliphatic carbocycles. The second kappa shape index (κ2) is 7.62. The van der Waals surface area contributed by atoms with E-state index in [1.54, 1.807) is 0 Å². The fraction of sp³-hybridized carbons (Fsp3) is 0.867. The van der Waals surface area contributed by atoms with Crippen LogP contribution in [0.3, 0.4) is 0 Å². The van der Waals surface area contributed by atoms with Crippen LogP contribution in [0.5, 0.6) is 0 Å². The van der Waals surface area contributed by atoms with Crippen LogP contribution >= 0.6 is 0 Å². The average Bonchev–Trinajstić information content (AvgIpc) is 2.76. The molecular formula is C15H28N2O3. The summed E-state index contributed by atoms with van der Waals surface area (Å²) in [5.74, 6) is -1.30. The second-order valence-corrected chi connectivity index (χ2v) is 6.20. The van der Waals surface area contributed by atoms with E-state index in [-0.39, 0.29) is 11.8 Å². The summed E-state index contributed by atoms with van der Waals surface area (Å²) < 4.78 is 0. The summed E-state index contributed by atoms with van der Waals surface area (Å²) in [4.78, 5) is 27.8. The maximum atomic E-state index is 12.6. The van der Waals surface area contributed by atoms with Crippen LogP contribution in [-0.4, -0.2) is 60.5 Å². The molecule has 116 valence electrons. The standard InChI is InChI=1S/C15H28N2O3/c1-5-17(8-6-7-16(3)4)14(18)12-9-11(2)10-13(12)15(19)20/h11-13H,5-10H2,1-4H3,(H,19,20). The monoisotopic (exact) mass is 284 g/mol. The molecule has 1 rings (SSSR count). The van der Waals surface area contributed by atoms with E-state index in [4.69, 9.17) is 0 Å². The Morgan fingerprint density at radius 1 is 1.15 bits per heavy atom. The van der Waals surface area contributed by atoms with Crippen molar-refractivity contribution in [3.63, 3.8) is 0 Å². The molecule has 0 aliphatic heterocycles. The first-order valence-electron chi connectivity index (χ1n) is 7.53. The molecule has 0 bridgehead atoms. The number of amides is 1. The van der Waals surface area contributed by atoms with Gasteiger partial charge in [0.05, 0.1) is 11.8 Å². The van der Waals surface area contributed by atoms with Crippen molar-refractivity contribution in [2.24, 2.45) is 17.8 Å². The third kappa shape index (κ3) is 4.47. The number of carboxylic acid groups (broad SMARTS) is 1. The molecule has 5 nitrogen and oxygen atoms in total. The van der Waals surface area contributed by atoms with E-state index in [1.165, 1.54) is 0 Å². The molecule has 0 saturated heterocycles. The number of carbonyl (C=O) groups excluding carboxylic acids is 1. The molecule has 1 fully saturated rings. The van der Waals surface area contributed by atoms with Crippen molar-refractivity contribution in [3.8, 4) is 0 Å². The molecule has 0 aromatic heterocycles. The summed E-state index contributed by atoms with van der Waals surface area (Å²) in [5.41, 5.74) is 0. The first kappa shape index (κ1) is 17.0. The average molecular weight is 284 g/mol. The Morgan fingerprint density at radius 2 is 1.75 bits per heavy atom. The summed E-state index contributed by atoms with van der Waals surface area (Å²) in [7, 11) is 4.02. The van der Waals surface area contributed by atoms with Crippen molar-refractivity contribution in [2.75, 3.05) is 33.7 Å². The largest absolute Gasteiger partial charge is 0.481 e. The molecule has 3 unspecified atom stereocenters. The Kier molecular flexibility index (Phi) is 6.46. The van der Waals surface area contributed by atoms with Crippen LogP contribution in [-0.2, 0) is 9.59 Å². The Bertz CT molecular complexity index is 344. The van der Waals surface area contributed by atoms with Crippen LogP contribution in [0.25, 0.3) is 0 Å². The Morgan fingerprint density at radius 3 is 2.25 bits per heavy atom. The van der Waals surface area contributed by atoms with Gasteiger partial charge in [-0.15, -0.1) is 0 Å². The lowest BCUT2D eigenvalue weighted by molar-refractivity contribution is -0.149. The van der Waals surface area contributed by atoms with Gasteiger partial charge in [-0.3, -0.25) is 9.59 Å². The zero-order valence-corrected chi connectivity index (χ0v) is 13.1. The van der Waals surface area contributed by atoms with Gasteiger partial charge < -0.3 is 14.9 Å². The van der Waals surface area contributed by atoms with Crippen LogP contribution in [0.15, 0.2) is 0 Å². The first-order valence-corrected chi connectivity index (χ1v) is 7.53. The van der Waals surface area contributed by atoms with Gasteiger partial charge in [-0.1, -0.05) is 6.92 Å². The predicted octanol–water partition coefficient (Wildman–Crippen LogP) is 1.53. The van der Waals surface area contributed by atoms with Crippen molar-refractivity contribution in [2.45, 2.75) is 33.1 Å². The molecule has 1 saturated carbocycles. The van der Waals surface area contributed by atoms with Gasteiger partial charge in [0.1, 0.15) is 0 Å². The van der Waals surface area contributed by atoms with Gasteiger partial charge in [0.25, 0.3) is 0 Å². The topological polar surface area (TPSA) is 60.9 Å². The molecule has 0 aromatic carbocycles. The molecular weight excluding hydrogens is 256 g/mol. The lowest BCUT2D eigenvalue weighted by Gasteiger charge is -2.26. The van der Waals surface area contributed by atoms with E-state index in [2.05, 4.69) is 4.90 Å². The summed E-state index contributed by atoms with van der Waals surface area (Å²) >= 11 is 0. The van der Waals surface area contributed by atoms with E-state index in [0.29, 0.717) is 31.8 Å². The van der Waals surface area contributed by atoms with Crippen molar-refractivity contribution in [1.82, 2.24) is 9.80 Å². The molecule has 1 N–H and O–H groups in total. The zero-order chi connectivity index (χ0) is 15.3. The lowest BCUT2D eigenvalue weighted by atomic mass is 9.94. The van der Waals surface area contributed by atoms with Crippen LogP contribution in [0.1, 0.15) is 33.1 Å². The number of carbonyl (C=O) groups is 2. The predicted molar refractivity (Wildman–Crippen MR) is 78.4 cm³/mol. The normalized spacial score (nSPS) is 25.9. The van der Waals surface area contributed by atoms with Gasteiger partial charge in [-0.25, -0.2) is 0 Å². The number of hydrogen-bond acceptors (Lipinski definition) is 3. The van der Waals surface area contributed by atoms with Crippen LogP contribution in [0, 0.1) is 17.8 Å². The van der Waals surface area contributed by atoms with Crippen LogP contribution < -0.4 is 0 Å². The minimum absolute atomic E-state index is 0.0306. The van der Waals surface area contributed by atoms with Gasteiger partial charge in [0.15, 0.2) is 0 Å². The maximum absolute atomic E-state index is 12.6. The molecule has 1 aliphatic rings. The number of aliphatic carboxylic acids is 1. The van der Waals surface area contributed by atoms with E-state index < -0.39 is 11.9 Å². The summed E-state index contributed by atoms with van der Waals surface area (Å²) in [6.45, 7) is 6.30. The molecule has 0 aromatic rings. The van der Waals surface area contributed by atoms with Crippen molar-refractivity contribution >= 4 is 11.9 Å². The lowest BCUT2D eigenvalue weighted by Crippen LogP contribution is -2.40. The van der Waals surface area contributed by atoms with Gasteiger partial charge in [-0.05, 0) is 52.7 Å². The van der Waals surface area contributed by atoms with Crippen molar-refractivity contribution < 1.29 is 14.7 Å². The SMILES string of the molecule is CCN(CCCN(C)C)C(=O)C1CC(C)CC1C(=O)O. The fourth-order valence-electron chi connectivity index (χ4n) is 3.07. The highest BCUT2D eigenvalue weighted by molar-refractivity contribution is 5.85. The van der Waals surface area contributed by atoms with Crippen LogP contribution in [0.4, 0.5) is 0 Å². The third-order valence-electron chi connectivity index (χ3n) is 4.16. The molecule has 1 amide bonds. The maximum Gasteiger partial charge on any atom is 0.307 e. The Balaban J connectivity index is 2.62. The van der Waals surface area contributed by atoms with Crippen molar-refractivity contribution in [3.05, 3.63) is 0 Å². The van der Waals surface area contributed by atoms with E-state index in [1.807, 2.05) is 32.8 Å². The molecule has 0 heterocycles. The summed E-state index contributed by atoms with van der Waals surface area (Å²) in [6.07, 6.45) is 2.26. The number of hydrogen-bond donors (Lipinski definition) is 1. The Labute approximate surface area is 121 Å². The second-order valence-electron chi connectivity index (χ2n) is 6.20. The smallest absolute Gasteiger partial charge is 0.307 e. The highest BCUT2D eigenvalue weighted by Crippen LogP contribution is 2.37. The highest BCUT2D eigenvalue weighted by Gasteiger charge is 2.42. The van der Waals surface area contributed by atoms with Gasteiger partial charge in [0, 0.05) is 13.1 Å². The van der Waals surface area contributed by atoms with Gasteiger partial charge in [0.2, 0.25) is 5.91 Å². The third-order valence-corrected chi connectivity index (χ3v) is 4.16. The Hall–Kier alpha value is -1.10. The number of nitrogens with zero attached hydrogens (tertiary/aromatic N) is 2. The summed E-state index contributed by atoms with van der Waals surface area (Å²) in [6, 6.07) is 0.